The molecule has 2 aromatic rings. The second-order valence-corrected chi connectivity index (χ2v) is 6.59. The highest BCUT2D eigenvalue weighted by Crippen LogP contribution is 2.41. The van der Waals surface area contributed by atoms with Gasteiger partial charge in [0.1, 0.15) is 18.2 Å². The molecule has 5 nitrogen and oxygen atoms in total. The highest BCUT2D eigenvalue weighted by Gasteiger charge is 2.38. The van der Waals surface area contributed by atoms with E-state index in [1.54, 1.807) is 0 Å². The monoisotopic (exact) mass is 369 g/mol. The number of hydrogen-bond donors (Lipinski definition) is 1. The number of aliphatic carboxylic acids is 1. The Labute approximate surface area is 157 Å². The van der Waals surface area contributed by atoms with Crippen LogP contribution in [0.15, 0.2) is 42.5 Å². The molecule has 1 aliphatic rings. The Morgan fingerprint density at radius 1 is 1.26 bits per heavy atom. The summed E-state index contributed by atoms with van der Waals surface area (Å²) in [6.07, 6.45) is 0.419. The number of carbonyl (C=O) groups is 1. The predicted octanol–water partition coefficient (Wildman–Crippen LogP) is 3.60. The first-order valence-electron chi connectivity index (χ1n) is 8.74. The Hall–Kier alpha value is -2.91. The SMILES string of the molecule is N#CC1(c2cc(F)c(CC(=O)O)cc2OCc2ccccc2)CCOCC1. The quantitative estimate of drug-likeness (QED) is 0.841. The van der Waals surface area contributed by atoms with Crippen molar-refractivity contribution in [3.8, 4) is 11.8 Å². The van der Waals surface area contributed by atoms with Gasteiger partial charge >= 0.3 is 5.97 Å². The lowest BCUT2D eigenvalue weighted by molar-refractivity contribution is -0.136. The van der Waals surface area contributed by atoms with Crippen LogP contribution in [0.5, 0.6) is 5.75 Å². The number of nitriles is 1. The molecule has 6 heteroatoms. The van der Waals surface area contributed by atoms with Gasteiger partial charge < -0.3 is 14.6 Å². The molecular formula is C21H20FNO4. The molecule has 0 radical (unpaired) electrons. The molecule has 0 spiro atoms. The van der Waals surface area contributed by atoms with Crippen LogP contribution in [-0.2, 0) is 28.0 Å². The summed E-state index contributed by atoms with van der Waals surface area (Å²) >= 11 is 0. The molecule has 0 aliphatic carbocycles. The van der Waals surface area contributed by atoms with Crippen molar-refractivity contribution in [2.45, 2.75) is 31.3 Å². The van der Waals surface area contributed by atoms with Crippen LogP contribution < -0.4 is 4.74 Å². The largest absolute Gasteiger partial charge is 0.489 e. The first-order chi connectivity index (χ1) is 13.0. The number of carboxylic acids is 1. The summed E-state index contributed by atoms with van der Waals surface area (Å²) in [5.74, 6) is -1.42. The lowest BCUT2D eigenvalue weighted by atomic mass is 9.74. The summed E-state index contributed by atoms with van der Waals surface area (Å²) in [5.41, 5.74) is 0.503. The molecule has 0 amide bonds. The maximum absolute atomic E-state index is 14.6. The predicted molar refractivity (Wildman–Crippen MR) is 95.9 cm³/mol. The number of rotatable bonds is 6. The zero-order chi connectivity index (χ0) is 19.3. The van der Waals surface area contributed by atoms with Crippen molar-refractivity contribution >= 4 is 5.97 Å². The van der Waals surface area contributed by atoms with E-state index in [-0.39, 0.29) is 12.2 Å². The molecule has 0 bridgehead atoms. The van der Waals surface area contributed by atoms with E-state index in [0.717, 1.165) is 5.56 Å². The van der Waals surface area contributed by atoms with Crippen LogP contribution in [0.25, 0.3) is 0 Å². The summed E-state index contributed by atoms with van der Waals surface area (Å²) in [4.78, 5) is 11.0. The lowest BCUT2D eigenvalue weighted by Gasteiger charge is -2.32. The highest BCUT2D eigenvalue weighted by molar-refractivity contribution is 5.70. The van der Waals surface area contributed by atoms with Crippen molar-refractivity contribution in [1.82, 2.24) is 0 Å². The van der Waals surface area contributed by atoms with Crippen LogP contribution in [-0.4, -0.2) is 24.3 Å². The van der Waals surface area contributed by atoms with E-state index in [4.69, 9.17) is 14.6 Å². The van der Waals surface area contributed by atoms with Gasteiger partial charge in [-0.1, -0.05) is 30.3 Å². The molecule has 3 rings (SSSR count). The molecule has 0 saturated carbocycles. The zero-order valence-electron chi connectivity index (χ0n) is 14.8. The Morgan fingerprint density at radius 2 is 1.96 bits per heavy atom. The summed E-state index contributed by atoms with van der Waals surface area (Å²) in [5, 5.41) is 18.9. The third-order valence-corrected chi connectivity index (χ3v) is 4.80. The average molecular weight is 369 g/mol. The minimum Gasteiger partial charge on any atom is -0.489 e. The van der Waals surface area contributed by atoms with Crippen molar-refractivity contribution in [2.24, 2.45) is 0 Å². The first-order valence-corrected chi connectivity index (χ1v) is 8.74. The van der Waals surface area contributed by atoms with Gasteiger partial charge in [-0.3, -0.25) is 4.79 Å². The number of ether oxygens (including phenoxy) is 2. The molecule has 2 aromatic carbocycles. The summed E-state index contributed by atoms with van der Waals surface area (Å²) in [7, 11) is 0. The van der Waals surface area contributed by atoms with Gasteiger partial charge in [0, 0.05) is 24.3 Å². The normalized spacial score (nSPS) is 15.7. The molecule has 27 heavy (non-hydrogen) atoms. The van der Waals surface area contributed by atoms with Crippen LogP contribution >= 0.6 is 0 Å². The maximum atomic E-state index is 14.6. The van der Waals surface area contributed by atoms with Crippen molar-refractivity contribution in [3.63, 3.8) is 0 Å². The Morgan fingerprint density at radius 3 is 2.59 bits per heavy atom. The second-order valence-electron chi connectivity index (χ2n) is 6.59. The lowest BCUT2D eigenvalue weighted by Crippen LogP contribution is -2.33. The first kappa shape index (κ1) is 18.9. The molecule has 0 unspecified atom stereocenters. The summed E-state index contributed by atoms with van der Waals surface area (Å²) in [6.45, 7) is 1.05. The number of carboxylic acid groups (broad SMARTS) is 1. The van der Waals surface area contributed by atoms with E-state index in [0.29, 0.717) is 37.4 Å². The van der Waals surface area contributed by atoms with Crippen molar-refractivity contribution < 1.29 is 23.8 Å². The molecule has 1 heterocycles. The van der Waals surface area contributed by atoms with Gasteiger partial charge in [-0.05, 0) is 30.5 Å². The molecule has 1 aliphatic heterocycles. The van der Waals surface area contributed by atoms with Gasteiger partial charge in [0.2, 0.25) is 0 Å². The molecule has 1 N–H and O–H groups in total. The van der Waals surface area contributed by atoms with Crippen molar-refractivity contribution in [2.75, 3.05) is 13.2 Å². The fourth-order valence-electron chi connectivity index (χ4n) is 3.28. The highest BCUT2D eigenvalue weighted by atomic mass is 19.1. The minimum absolute atomic E-state index is 0.0365. The number of nitrogens with zero attached hydrogens (tertiary/aromatic N) is 1. The summed E-state index contributed by atoms with van der Waals surface area (Å²) in [6, 6.07) is 14.4. The second kappa shape index (κ2) is 8.19. The van der Waals surface area contributed by atoms with Gasteiger partial charge in [-0.15, -0.1) is 0 Å². The number of hydrogen-bond acceptors (Lipinski definition) is 4. The van der Waals surface area contributed by atoms with Crippen molar-refractivity contribution in [1.29, 1.82) is 5.26 Å². The fourth-order valence-corrected chi connectivity index (χ4v) is 3.28. The van der Waals surface area contributed by atoms with Gasteiger partial charge in [0.05, 0.1) is 17.9 Å². The third-order valence-electron chi connectivity index (χ3n) is 4.80. The number of benzene rings is 2. The van der Waals surface area contributed by atoms with Crippen LogP contribution in [0.2, 0.25) is 0 Å². The molecule has 140 valence electrons. The Balaban J connectivity index is 2.00. The molecule has 0 aromatic heterocycles. The van der Waals surface area contributed by atoms with E-state index in [1.165, 1.54) is 12.1 Å². The van der Waals surface area contributed by atoms with Gasteiger partial charge in [-0.2, -0.15) is 5.26 Å². The third kappa shape index (κ3) is 4.26. The van der Waals surface area contributed by atoms with Crippen LogP contribution in [0.4, 0.5) is 4.39 Å². The van der Waals surface area contributed by atoms with Crippen molar-refractivity contribution in [3.05, 3.63) is 65.0 Å². The Bertz CT molecular complexity index is 854. The standard InChI is InChI=1S/C21H20FNO4/c22-18-12-17(21(14-23)6-8-26-9-7-21)19(10-16(18)11-20(24)25)27-13-15-4-2-1-3-5-15/h1-5,10,12H,6-9,11,13H2,(H,24,25). The smallest absolute Gasteiger partial charge is 0.307 e. The molecular weight excluding hydrogens is 349 g/mol. The van der Waals surface area contributed by atoms with E-state index >= 15 is 0 Å². The van der Waals surface area contributed by atoms with E-state index in [2.05, 4.69) is 6.07 Å². The van der Waals surface area contributed by atoms with Crippen LogP contribution in [0.1, 0.15) is 29.5 Å². The fraction of sp³-hybridized carbons (Fsp3) is 0.333. The molecule has 1 saturated heterocycles. The van der Waals surface area contributed by atoms with E-state index in [1.807, 2.05) is 30.3 Å². The maximum Gasteiger partial charge on any atom is 0.307 e. The van der Waals surface area contributed by atoms with Crippen LogP contribution in [0.3, 0.4) is 0 Å². The molecule has 1 fully saturated rings. The summed E-state index contributed by atoms with van der Waals surface area (Å²) < 4.78 is 25.8. The average Bonchev–Trinajstić information content (AvgIpc) is 2.69. The zero-order valence-corrected chi connectivity index (χ0v) is 14.8. The van der Waals surface area contributed by atoms with Gasteiger partial charge in [-0.25, -0.2) is 4.39 Å². The minimum atomic E-state index is -1.13. The Kier molecular flexibility index (Phi) is 5.72. The van der Waals surface area contributed by atoms with Gasteiger partial charge in [0.15, 0.2) is 0 Å². The van der Waals surface area contributed by atoms with E-state index < -0.39 is 23.6 Å². The van der Waals surface area contributed by atoms with E-state index in [9.17, 15) is 14.4 Å². The topological polar surface area (TPSA) is 79.6 Å². The number of halogens is 1. The van der Waals surface area contributed by atoms with Gasteiger partial charge in [0.25, 0.3) is 0 Å². The van der Waals surface area contributed by atoms with Crippen LogP contribution in [0, 0.1) is 17.1 Å². The molecule has 0 atom stereocenters.